The summed E-state index contributed by atoms with van der Waals surface area (Å²) in [4.78, 5) is 10.6. The van der Waals surface area contributed by atoms with Crippen LogP contribution < -0.4 is 0 Å². The Bertz CT molecular complexity index is 426. The first-order chi connectivity index (χ1) is 7.47. The van der Waals surface area contributed by atoms with Crippen LogP contribution in [0.25, 0.3) is 10.9 Å². The van der Waals surface area contributed by atoms with E-state index in [0.717, 1.165) is 5.52 Å². The third-order valence-corrected chi connectivity index (χ3v) is 1.92. The zero-order chi connectivity index (χ0) is 10.3. The molecule has 0 bridgehead atoms. The average Bonchev–Trinajstić information content (AvgIpc) is 2.88. The van der Waals surface area contributed by atoms with Gasteiger partial charge in [0.25, 0.3) is 0 Å². The predicted molar refractivity (Wildman–Crippen MR) is 60.3 cm³/mol. The van der Waals surface area contributed by atoms with Gasteiger partial charge in [-0.25, -0.2) is 4.98 Å². The number of imidazole rings is 1. The molecule has 85 valence electrons. The van der Waals surface area contributed by atoms with Crippen LogP contribution in [0.1, 0.15) is 0 Å². The summed E-state index contributed by atoms with van der Waals surface area (Å²) in [5, 5.41) is 1.20. The number of aromatic nitrogens is 3. The van der Waals surface area contributed by atoms with Crippen LogP contribution in [0.3, 0.4) is 0 Å². The number of nitrogens with zero attached hydrogens (tertiary/aromatic N) is 2. The van der Waals surface area contributed by atoms with Gasteiger partial charge in [0.05, 0.1) is 11.8 Å². The first-order valence-electron chi connectivity index (χ1n) is 4.69. The van der Waals surface area contributed by atoms with Crippen LogP contribution in [-0.2, 0) is 17.1 Å². The second kappa shape index (κ2) is 6.77. The molecule has 1 aromatic carbocycles. The van der Waals surface area contributed by atoms with Crippen LogP contribution in [0.2, 0.25) is 0 Å². The fraction of sp³-hybridized carbons (Fsp3) is 0. The molecule has 0 saturated heterocycles. The number of hydrogen-bond acceptors (Lipinski definition) is 2. The zero-order valence-electron chi connectivity index (χ0n) is 8.47. The van der Waals surface area contributed by atoms with Crippen molar-refractivity contribution in [2.75, 3.05) is 0 Å². The molecule has 0 aliphatic heterocycles. The summed E-state index contributed by atoms with van der Waals surface area (Å²) in [5.41, 5.74) is 1.06. The monoisotopic (exact) mass is 260 g/mol. The molecule has 0 unspecified atom stereocenters. The number of pyridine rings is 1. The molecular formula is C12H11CuN3. The maximum atomic E-state index is 4.18. The molecule has 3 aromatic rings. The maximum absolute atomic E-state index is 4.18. The Morgan fingerprint density at radius 1 is 0.938 bits per heavy atom. The number of hydrogen-bond donors (Lipinski definition) is 1. The van der Waals surface area contributed by atoms with Gasteiger partial charge in [0, 0.05) is 41.0 Å². The van der Waals surface area contributed by atoms with Gasteiger partial charge in [-0.15, -0.1) is 0 Å². The normalized spacial score (nSPS) is 8.75. The molecule has 0 aliphatic rings. The molecule has 1 radical (unpaired) electrons. The van der Waals surface area contributed by atoms with Crippen LogP contribution >= 0.6 is 0 Å². The molecule has 0 amide bonds. The average molecular weight is 261 g/mol. The first kappa shape index (κ1) is 12.4. The van der Waals surface area contributed by atoms with E-state index < -0.39 is 0 Å². The van der Waals surface area contributed by atoms with Gasteiger partial charge in [-0.1, -0.05) is 24.3 Å². The summed E-state index contributed by atoms with van der Waals surface area (Å²) in [5.74, 6) is 0. The summed E-state index contributed by atoms with van der Waals surface area (Å²) in [6.45, 7) is 0. The van der Waals surface area contributed by atoms with Crippen molar-refractivity contribution in [3.63, 3.8) is 0 Å². The van der Waals surface area contributed by atoms with Crippen molar-refractivity contribution in [2.45, 2.75) is 0 Å². The Labute approximate surface area is 104 Å². The summed E-state index contributed by atoms with van der Waals surface area (Å²) in [6, 6.07) is 12.1. The van der Waals surface area contributed by atoms with Crippen molar-refractivity contribution in [3.05, 3.63) is 61.3 Å². The topological polar surface area (TPSA) is 41.6 Å². The molecule has 16 heavy (non-hydrogen) atoms. The van der Waals surface area contributed by atoms with Crippen LogP contribution in [-0.4, -0.2) is 15.0 Å². The third kappa shape index (κ3) is 3.50. The maximum Gasteiger partial charge on any atom is 0.0919 e. The van der Waals surface area contributed by atoms with Crippen molar-refractivity contribution in [2.24, 2.45) is 0 Å². The number of benzene rings is 1. The van der Waals surface area contributed by atoms with Crippen LogP contribution in [0, 0.1) is 0 Å². The van der Waals surface area contributed by atoms with E-state index in [1.54, 1.807) is 18.7 Å². The Morgan fingerprint density at radius 2 is 1.75 bits per heavy atom. The molecule has 0 atom stereocenters. The second-order valence-electron chi connectivity index (χ2n) is 2.96. The van der Waals surface area contributed by atoms with Gasteiger partial charge in [-0.05, 0) is 12.1 Å². The molecule has 1 N–H and O–H groups in total. The SMILES string of the molecule is [Cu].c1c[nH]cn1.c1ccc2ncccc2c1. The number of rotatable bonds is 0. The number of nitrogens with one attached hydrogen (secondary N) is 1. The summed E-state index contributed by atoms with van der Waals surface area (Å²) in [7, 11) is 0. The van der Waals surface area contributed by atoms with Crippen LogP contribution in [0.15, 0.2) is 61.3 Å². The van der Waals surface area contributed by atoms with E-state index in [4.69, 9.17) is 0 Å². The molecule has 3 rings (SSSR count). The largest absolute Gasteiger partial charge is 0.351 e. The van der Waals surface area contributed by atoms with Gasteiger partial charge in [0.1, 0.15) is 0 Å². The fourth-order valence-corrected chi connectivity index (χ4v) is 1.23. The smallest absolute Gasteiger partial charge is 0.0919 e. The molecule has 0 spiro atoms. The standard InChI is InChI=1S/C9H7N.C3H4N2.Cu/c1-2-6-9-8(4-1)5-3-7-10-9;1-2-5-3-4-1;/h1-7H;1-3H,(H,4,5);. The zero-order valence-corrected chi connectivity index (χ0v) is 9.41. The minimum absolute atomic E-state index is 0. The third-order valence-electron chi connectivity index (χ3n) is 1.92. The van der Waals surface area contributed by atoms with Crippen molar-refractivity contribution in [1.82, 2.24) is 15.0 Å². The summed E-state index contributed by atoms with van der Waals surface area (Å²) < 4.78 is 0. The molecule has 0 saturated carbocycles. The molecule has 2 heterocycles. The van der Waals surface area contributed by atoms with Crippen molar-refractivity contribution in [1.29, 1.82) is 0 Å². The number of aromatic amines is 1. The minimum atomic E-state index is 0. The Kier molecular flexibility index (Phi) is 5.26. The number of H-pyrrole nitrogens is 1. The molecule has 0 fully saturated rings. The van der Waals surface area contributed by atoms with Crippen molar-refractivity contribution < 1.29 is 17.1 Å². The fourth-order valence-electron chi connectivity index (χ4n) is 1.23. The summed E-state index contributed by atoms with van der Waals surface area (Å²) in [6.07, 6.45) is 6.89. The molecule has 2 aromatic heterocycles. The van der Waals surface area contributed by atoms with Gasteiger partial charge >= 0.3 is 0 Å². The predicted octanol–water partition coefficient (Wildman–Crippen LogP) is 2.64. The minimum Gasteiger partial charge on any atom is -0.351 e. The van der Waals surface area contributed by atoms with Crippen molar-refractivity contribution in [3.8, 4) is 0 Å². The quantitative estimate of drug-likeness (QED) is 0.632. The molecule has 3 nitrogen and oxygen atoms in total. The summed E-state index contributed by atoms with van der Waals surface area (Å²) >= 11 is 0. The Morgan fingerprint density at radius 3 is 2.38 bits per heavy atom. The Hall–Kier alpha value is -1.64. The Balaban J connectivity index is 0.000000183. The van der Waals surface area contributed by atoms with Gasteiger partial charge in [-0.2, -0.15) is 0 Å². The van der Waals surface area contributed by atoms with E-state index >= 15 is 0 Å². The van der Waals surface area contributed by atoms with E-state index in [1.807, 2.05) is 30.5 Å². The first-order valence-corrected chi connectivity index (χ1v) is 4.69. The van der Waals surface area contributed by atoms with Gasteiger partial charge in [0.15, 0.2) is 0 Å². The van der Waals surface area contributed by atoms with E-state index in [0.29, 0.717) is 0 Å². The molecule has 4 heteroatoms. The van der Waals surface area contributed by atoms with E-state index in [9.17, 15) is 0 Å². The van der Waals surface area contributed by atoms with Gasteiger partial charge in [-0.3, -0.25) is 4.98 Å². The van der Waals surface area contributed by atoms with Gasteiger partial charge in [0.2, 0.25) is 0 Å². The van der Waals surface area contributed by atoms with Crippen LogP contribution in [0.4, 0.5) is 0 Å². The number of para-hydroxylation sites is 1. The van der Waals surface area contributed by atoms with Crippen LogP contribution in [0.5, 0.6) is 0 Å². The van der Waals surface area contributed by atoms with E-state index in [-0.39, 0.29) is 17.1 Å². The van der Waals surface area contributed by atoms with E-state index in [2.05, 4.69) is 27.1 Å². The van der Waals surface area contributed by atoms with E-state index in [1.165, 1.54) is 5.39 Å². The second-order valence-corrected chi connectivity index (χ2v) is 2.96. The number of fused-ring (bicyclic) bond motifs is 1. The molecular weight excluding hydrogens is 250 g/mol. The van der Waals surface area contributed by atoms with Crippen molar-refractivity contribution >= 4 is 10.9 Å². The van der Waals surface area contributed by atoms with Gasteiger partial charge < -0.3 is 4.98 Å². The molecule has 0 aliphatic carbocycles.